The molecule has 1 amide bonds. The second-order valence-electron chi connectivity index (χ2n) is 6.53. The molecule has 5 heteroatoms. The molecule has 3 rings (SSSR count). The van der Waals surface area contributed by atoms with Crippen LogP contribution in [-0.2, 0) is 6.54 Å². The molecule has 0 aliphatic rings. The molecule has 3 aromatic rings. The predicted octanol–water partition coefficient (Wildman–Crippen LogP) is 4.94. The van der Waals surface area contributed by atoms with E-state index in [-0.39, 0.29) is 5.91 Å². The van der Waals surface area contributed by atoms with Gasteiger partial charge < -0.3 is 15.2 Å². The Bertz CT molecular complexity index is 874. The smallest absolute Gasteiger partial charge is 0.251 e. The first-order valence-corrected chi connectivity index (χ1v) is 10.3. The molecule has 2 N–H and O–H groups in total. The van der Waals surface area contributed by atoms with Gasteiger partial charge in [-0.15, -0.1) is 11.3 Å². The first-order chi connectivity index (χ1) is 13.7. The first-order valence-electron chi connectivity index (χ1n) is 9.50. The maximum atomic E-state index is 12.4. The van der Waals surface area contributed by atoms with Crippen molar-refractivity contribution in [3.8, 4) is 5.75 Å². The highest BCUT2D eigenvalue weighted by Gasteiger charge is 2.13. The van der Waals surface area contributed by atoms with Gasteiger partial charge in [-0.1, -0.05) is 43.7 Å². The van der Waals surface area contributed by atoms with Crippen LogP contribution < -0.4 is 10.1 Å². The number of ether oxygens (including phenoxy) is 1. The lowest BCUT2D eigenvalue weighted by Gasteiger charge is -2.08. The van der Waals surface area contributed by atoms with E-state index in [1.54, 1.807) is 12.1 Å². The Kier molecular flexibility index (Phi) is 7.23. The van der Waals surface area contributed by atoms with E-state index in [4.69, 9.17) is 4.74 Å². The van der Waals surface area contributed by atoms with Gasteiger partial charge in [0.15, 0.2) is 0 Å². The summed E-state index contributed by atoms with van der Waals surface area (Å²) in [6.45, 7) is 3.24. The summed E-state index contributed by atoms with van der Waals surface area (Å²) in [4.78, 5) is 14.2. The van der Waals surface area contributed by atoms with E-state index >= 15 is 0 Å². The fraction of sp³-hybridized carbons (Fsp3) is 0.261. The Morgan fingerprint density at radius 2 is 1.82 bits per heavy atom. The largest absolute Gasteiger partial charge is 0.494 e. The van der Waals surface area contributed by atoms with Crippen molar-refractivity contribution in [2.75, 3.05) is 6.61 Å². The average molecular weight is 396 g/mol. The zero-order valence-electron chi connectivity index (χ0n) is 15.9. The molecule has 28 heavy (non-hydrogen) atoms. The quantitative estimate of drug-likeness (QED) is 0.505. The molecule has 0 saturated heterocycles. The first kappa shape index (κ1) is 20.1. The van der Waals surface area contributed by atoms with Crippen LogP contribution in [0, 0.1) is 0 Å². The normalized spacial score (nSPS) is 11.8. The maximum Gasteiger partial charge on any atom is 0.251 e. The van der Waals surface area contributed by atoms with Crippen LogP contribution in [0.2, 0.25) is 0 Å². The number of carbonyl (C=O) groups excluding carboxylic acids is 1. The number of thiophene rings is 1. The van der Waals surface area contributed by atoms with E-state index in [9.17, 15) is 9.90 Å². The monoisotopic (exact) mass is 395 g/mol. The minimum absolute atomic E-state index is 0.126. The van der Waals surface area contributed by atoms with Crippen molar-refractivity contribution in [2.24, 2.45) is 0 Å². The number of aliphatic hydroxyl groups is 1. The van der Waals surface area contributed by atoms with Gasteiger partial charge in [0.2, 0.25) is 0 Å². The van der Waals surface area contributed by atoms with E-state index in [0.717, 1.165) is 33.9 Å². The Morgan fingerprint density at radius 3 is 2.54 bits per heavy atom. The minimum Gasteiger partial charge on any atom is -0.494 e. The molecular weight excluding hydrogens is 370 g/mol. The van der Waals surface area contributed by atoms with E-state index < -0.39 is 6.10 Å². The summed E-state index contributed by atoms with van der Waals surface area (Å²) in [5.41, 5.74) is 1.46. The number of rotatable bonds is 9. The molecule has 0 bridgehead atoms. The van der Waals surface area contributed by atoms with Gasteiger partial charge in [0.05, 0.1) is 13.2 Å². The molecule has 0 saturated carbocycles. The second-order valence-corrected chi connectivity index (χ2v) is 7.73. The molecule has 1 heterocycles. The number of nitrogens with one attached hydrogen (secondary N) is 1. The van der Waals surface area contributed by atoms with E-state index in [1.807, 2.05) is 54.6 Å². The second kappa shape index (κ2) is 10.1. The highest BCUT2D eigenvalue weighted by molar-refractivity contribution is 7.12. The number of aliphatic hydroxyl groups excluding tert-OH is 1. The van der Waals surface area contributed by atoms with Gasteiger partial charge in [-0.05, 0) is 48.4 Å². The maximum absolute atomic E-state index is 12.4. The third-order valence-electron chi connectivity index (χ3n) is 4.37. The number of amides is 1. The molecule has 1 atom stereocenters. The number of carbonyl (C=O) groups is 1. The van der Waals surface area contributed by atoms with Crippen molar-refractivity contribution in [1.82, 2.24) is 5.32 Å². The van der Waals surface area contributed by atoms with Crippen molar-refractivity contribution in [3.05, 3.63) is 87.6 Å². The van der Waals surface area contributed by atoms with Crippen LogP contribution in [0.3, 0.4) is 0 Å². The lowest BCUT2D eigenvalue weighted by atomic mass is 10.1. The van der Waals surface area contributed by atoms with Gasteiger partial charge in [-0.3, -0.25) is 4.79 Å². The Balaban J connectivity index is 1.53. The molecular formula is C23H25NO3S. The van der Waals surface area contributed by atoms with Crippen LogP contribution in [0.1, 0.15) is 51.5 Å². The fourth-order valence-electron chi connectivity index (χ4n) is 2.74. The van der Waals surface area contributed by atoms with Crippen LogP contribution in [0.25, 0.3) is 0 Å². The summed E-state index contributed by atoms with van der Waals surface area (Å²) in [6, 6.07) is 20.6. The van der Waals surface area contributed by atoms with Crippen molar-refractivity contribution in [2.45, 2.75) is 32.4 Å². The van der Waals surface area contributed by atoms with Crippen LogP contribution in [0.5, 0.6) is 5.75 Å². The zero-order valence-corrected chi connectivity index (χ0v) is 16.7. The van der Waals surface area contributed by atoms with Crippen molar-refractivity contribution in [3.63, 3.8) is 0 Å². The van der Waals surface area contributed by atoms with Gasteiger partial charge in [-0.25, -0.2) is 0 Å². The SMILES string of the molecule is CCCCOc1ccc(C(=O)NCc2ccc(C(O)c3ccccc3)s2)cc1. The molecule has 1 aromatic heterocycles. The third-order valence-corrected chi connectivity index (χ3v) is 5.51. The predicted molar refractivity (Wildman–Crippen MR) is 113 cm³/mol. The number of hydrogen-bond acceptors (Lipinski definition) is 4. The van der Waals surface area contributed by atoms with Crippen LogP contribution >= 0.6 is 11.3 Å². The Morgan fingerprint density at radius 1 is 1.07 bits per heavy atom. The Labute approximate surface area is 169 Å². The molecule has 4 nitrogen and oxygen atoms in total. The molecule has 146 valence electrons. The highest BCUT2D eigenvalue weighted by Crippen LogP contribution is 2.28. The molecule has 0 aliphatic carbocycles. The average Bonchev–Trinajstić information content (AvgIpc) is 3.22. The molecule has 0 fully saturated rings. The van der Waals surface area contributed by atoms with E-state index in [2.05, 4.69) is 12.2 Å². The van der Waals surface area contributed by atoms with Gasteiger partial charge >= 0.3 is 0 Å². The third kappa shape index (κ3) is 5.44. The molecule has 2 aromatic carbocycles. The number of benzene rings is 2. The number of unbranched alkanes of at least 4 members (excludes halogenated alkanes) is 1. The molecule has 0 spiro atoms. The molecule has 1 unspecified atom stereocenters. The van der Waals surface area contributed by atoms with Crippen molar-refractivity contribution < 1.29 is 14.6 Å². The lowest BCUT2D eigenvalue weighted by molar-refractivity contribution is 0.0951. The van der Waals surface area contributed by atoms with Crippen molar-refractivity contribution >= 4 is 17.2 Å². The zero-order chi connectivity index (χ0) is 19.8. The van der Waals surface area contributed by atoms with Gasteiger partial charge in [0, 0.05) is 15.3 Å². The highest BCUT2D eigenvalue weighted by atomic mass is 32.1. The topological polar surface area (TPSA) is 58.6 Å². The van der Waals surface area contributed by atoms with Crippen LogP contribution in [0.4, 0.5) is 0 Å². The summed E-state index contributed by atoms with van der Waals surface area (Å²) >= 11 is 1.50. The number of hydrogen-bond donors (Lipinski definition) is 2. The van der Waals surface area contributed by atoms with Gasteiger partial charge in [0.1, 0.15) is 11.9 Å². The molecule has 0 aliphatic heterocycles. The van der Waals surface area contributed by atoms with Gasteiger partial charge in [0.25, 0.3) is 5.91 Å². The minimum atomic E-state index is -0.643. The lowest BCUT2D eigenvalue weighted by Crippen LogP contribution is -2.22. The van der Waals surface area contributed by atoms with Crippen LogP contribution in [-0.4, -0.2) is 17.6 Å². The van der Waals surface area contributed by atoms with E-state index in [1.165, 1.54) is 11.3 Å². The standard InChI is InChI=1S/C23H25NO3S/c1-2-3-15-27-19-11-9-18(10-12-19)23(26)24-16-20-13-14-21(28-20)22(25)17-7-5-4-6-8-17/h4-14,22,25H,2-3,15-16H2,1H3,(H,24,26). The molecule has 0 radical (unpaired) electrons. The Hall–Kier alpha value is -2.63. The summed E-state index contributed by atoms with van der Waals surface area (Å²) in [7, 11) is 0. The fourth-order valence-corrected chi connectivity index (χ4v) is 3.71. The summed E-state index contributed by atoms with van der Waals surface area (Å²) < 4.78 is 5.62. The summed E-state index contributed by atoms with van der Waals surface area (Å²) in [5, 5.41) is 13.4. The summed E-state index contributed by atoms with van der Waals surface area (Å²) in [5.74, 6) is 0.654. The van der Waals surface area contributed by atoms with Crippen molar-refractivity contribution in [1.29, 1.82) is 0 Å². The van der Waals surface area contributed by atoms with E-state index in [0.29, 0.717) is 18.7 Å². The summed E-state index contributed by atoms with van der Waals surface area (Å²) in [6.07, 6.45) is 1.47. The van der Waals surface area contributed by atoms with Crippen LogP contribution in [0.15, 0.2) is 66.7 Å². The van der Waals surface area contributed by atoms with Gasteiger partial charge in [-0.2, -0.15) is 0 Å².